The van der Waals surface area contributed by atoms with Crippen molar-refractivity contribution in [3.8, 4) is 5.75 Å². The molecule has 2 rings (SSSR count). The van der Waals surface area contributed by atoms with E-state index in [0.29, 0.717) is 11.7 Å². The lowest BCUT2D eigenvalue weighted by Gasteiger charge is -2.21. The molecule has 0 saturated heterocycles. The zero-order valence-corrected chi connectivity index (χ0v) is 14.3. The highest BCUT2D eigenvalue weighted by Crippen LogP contribution is 2.24. The Morgan fingerprint density at radius 2 is 2.10 bits per heavy atom. The molecule has 1 heterocycles. The first-order valence-corrected chi connectivity index (χ1v) is 7.58. The molecule has 1 aromatic heterocycles. The highest BCUT2D eigenvalue weighted by molar-refractivity contribution is 9.10. The first-order chi connectivity index (χ1) is 9.83. The lowest BCUT2D eigenvalue weighted by molar-refractivity contribution is 0.239. The molecule has 2 aromatic rings. The van der Waals surface area contributed by atoms with Gasteiger partial charge in [0.2, 0.25) is 0 Å². The SMILES string of the molecule is Cc1noc(COc2ccc(Br)cc2CNC(C)(C)C)n1. The van der Waals surface area contributed by atoms with Gasteiger partial charge in [-0.1, -0.05) is 21.1 Å². The minimum absolute atomic E-state index is 0.0448. The van der Waals surface area contributed by atoms with Crippen molar-refractivity contribution in [2.45, 2.75) is 46.4 Å². The van der Waals surface area contributed by atoms with Gasteiger partial charge in [0.05, 0.1) is 0 Å². The lowest BCUT2D eigenvalue weighted by atomic mass is 10.1. The molecule has 6 heteroatoms. The van der Waals surface area contributed by atoms with Crippen LogP contribution < -0.4 is 10.1 Å². The first-order valence-electron chi connectivity index (χ1n) is 6.79. The number of nitrogens with one attached hydrogen (secondary N) is 1. The summed E-state index contributed by atoms with van der Waals surface area (Å²) in [4.78, 5) is 4.13. The molecule has 21 heavy (non-hydrogen) atoms. The predicted molar refractivity (Wildman–Crippen MR) is 84.1 cm³/mol. The van der Waals surface area contributed by atoms with E-state index in [1.54, 1.807) is 6.92 Å². The molecular weight excluding hydrogens is 334 g/mol. The van der Waals surface area contributed by atoms with Gasteiger partial charge in [-0.25, -0.2) is 0 Å². The van der Waals surface area contributed by atoms with Gasteiger partial charge < -0.3 is 14.6 Å². The fourth-order valence-electron chi connectivity index (χ4n) is 1.73. The van der Waals surface area contributed by atoms with Crippen LogP contribution in [0.3, 0.4) is 0 Å². The maximum absolute atomic E-state index is 5.80. The van der Waals surface area contributed by atoms with Crippen molar-refractivity contribution in [1.29, 1.82) is 0 Å². The summed E-state index contributed by atoms with van der Waals surface area (Å²) in [6, 6.07) is 5.94. The van der Waals surface area contributed by atoms with E-state index in [0.717, 1.165) is 22.3 Å². The molecule has 0 aliphatic heterocycles. The van der Waals surface area contributed by atoms with Crippen molar-refractivity contribution < 1.29 is 9.26 Å². The van der Waals surface area contributed by atoms with Gasteiger partial charge in [-0.05, 0) is 45.9 Å². The van der Waals surface area contributed by atoms with Gasteiger partial charge in [0.25, 0.3) is 5.89 Å². The molecule has 114 valence electrons. The third kappa shape index (κ3) is 5.13. The van der Waals surface area contributed by atoms with Crippen LogP contribution in [-0.4, -0.2) is 15.7 Å². The fourth-order valence-corrected chi connectivity index (χ4v) is 2.13. The Kier molecular flexibility index (Phi) is 5.00. The summed E-state index contributed by atoms with van der Waals surface area (Å²) in [5.41, 5.74) is 1.12. The Morgan fingerprint density at radius 1 is 1.33 bits per heavy atom. The van der Waals surface area contributed by atoms with Crippen LogP contribution >= 0.6 is 15.9 Å². The van der Waals surface area contributed by atoms with Crippen LogP contribution in [0.2, 0.25) is 0 Å². The molecule has 0 unspecified atom stereocenters. The number of hydrogen-bond acceptors (Lipinski definition) is 5. The van der Waals surface area contributed by atoms with Crippen LogP contribution in [0.15, 0.2) is 27.2 Å². The van der Waals surface area contributed by atoms with Crippen LogP contribution in [0.4, 0.5) is 0 Å². The average molecular weight is 354 g/mol. The number of benzene rings is 1. The predicted octanol–water partition coefficient (Wildman–Crippen LogP) is 3.61. The molecule has 1 aromatic carbocycles. The van der Waals surface area contributed by atoms with E-state index in [4.69, 9.17) is 9.26 Å². The molecule has 0 fully saturated rings. The Labute approximate surface area is 133 Å². The lowest BCUT2D eigenvalue weighted by Crippen LogP contribution is -2.35. The van der Waals surface area contributed by atoms with Gasteiger partial charge in [0.1, 0.15) is 5.75 Å². The molecule has 5 nitrogen and oxygen atoms in total. The van der Waals surface area contributed by atoms with Crippen molar-refractivity contribution in [3.05, 3.63) is 40.0 Å². The Hall–Kier alpha value is -1.40. The number of nitrogens with zero attached hydrogens (tertiary/aromatic N) is 2. The molecule has 1 N–H and O–H groups in total. The molecule has 0 aliphatic carbocycles. The van der Waals surface area contributed by atoms with E-state index < -0.39 is 0 Å². The molecule has 0 radical (unpaired) electrons. The van der Waals surface area contributed by atoms with Crippen LogP contribution in [0.1, 0.15) is 38.0 Å². The standard InChI is InChI=1S/C15H20BrN3O2/c1-10-18-14(21-19-10)9-20-13-6-5-12(16)7-11(13)8-17-15(2,3)4/h5-7,17H,8-9H2,1-4H3. The number of ether oxygens (including phenoxy) is 1. The molecule has 0 atom stereocenters. The molecule has 0 amide bonds. The minimum atomic E-state index is 0.0448. The van der Waals surface area contributed by atoms with Crippen molar-refractivity contribution in [3.63, 3.8) is 0 Å². The summed E-state index contributed by atoms with van der Waals surface area (Å²) in [6.07, 6.45) is 0. The number of aryl methyl sites for hydroxylation is 1. The second-order valence-corrected chi connectivity index (χ2v) is 6.80. The molecular formula is C15H20BrN3O2. The second kappa shape index (κ2) is 6.58. The van der Waals surface area contributed by atoms with E-state index in [1.807, 2.05) is 18.2 Å². The van der Waals surface area contributed by atoms with E-state index in [-0.39, 0.29) is 12.1 Å². The van der Waals surface area contributed by atoms with E-state index >= 15 is 0 Å². The maximum atomic E-state index is 5.80. The third-order valence-electron chi connectivity index (χ3n) is 2.75. The van der Waals surface area contributed by atoms with Gasteiger partial charge in [0, 0.05) is 22.1 Å². The van der Waals surface area contributed by atoms with Gasteiger partial charge in [-0.2, -0.15) is 4.98 Å². The smallest absolute Gasteiger partial charge is 0.264 e. The summed E-state index contributed by atoms with van der Waals surface area (Å²) in [5, 5.41) is 7.20. The Balaban J connectivity index is 2.07. The monoisotopic (exact) mass is 353 g/mol. The van der Waals surface area contributed by atoms with Crippen molar-refractivity contribution >= 4 is 15.9 Å². The number of aromatic nitrogens is 2. The van der Waals surface area contributed by atoms with Gasteiger partial charge in [0.15, 0.2) is 12.4 Å². The summed E-state index contributed by atoms with van der Waals surface area (Å²) in [5.74, 6) is 1.90. The van der Waals surface area contributed by atoms with Crippen LogP contribution in [-0.2, 0) is 13.2 Å². The van der Waals surface area contributed by atoms with E-state index in [2.05, 4.69) is 52.2 Å². The number of hydrogen-bond donors (Lipinski definition) is 1. The van der Waals surface area contributed by atoms with Gasteiger partial charge >= 0.3 is 0 Å². The third-order valence-corrected chi connectivity index (χ3v) is 3.25. The molecule has 0 bridgehead atoms. The normalized spacial score (nSPS) is 11.7. The highest BCUT2D eigenvalue weighted by Gasteiger charge is 2.12. The second-order valence-electron chi connectivity index (χ2n) is 5.88. The van der Waals surface area contributed by atoms with Crippen LogP contribution in [0, 0.1) is 6.92 Å². The average Bonchev–Trinajstić information content (AvgIpc) is 2.80. The first kappa shape index (κ1) is 16.0. The van der Waals surface area contributed by atoms with E-state index in [1.165, 1.54) is 0 Å². The highest BCUT2D eigenvalue weighted by atomic mass is 79.9. The zero-order valence-electron chi connectivity index (χ0n) is 12.7. The number of halogens is 1. The van der Waals surface area contributed by atoms with Crippen molar-refractivity contribution in [1.82, 2.24) is 15.5 Å². The zero-order chi connectivity index (χ0) is 15.5. The molecule has 0 saturated carbocycles. The summed E-state index contributed by atoms with van der Waals surface area (Å²) in [6.45, 7) is 9.17. The van der Waals surface area contributed by atoms with Gasteiger partial charge in [-0.15, -0.1) is 0 Å². The maximum Gasteiger partial charge on any atom is 0.264 e. The van der Waals surface area contributed by atoms with Crippen LogP contribution in [0.5, 0.6) is 5.75 Å². The minimum Gasteiger partial charge on any atom is -0.483 e. The molecule has 0 aliphatic rings. The summed E-state index contributed by atoms with van der Waals surface area (Å²) < 4.78 is 11.9. The Bertz CT molecular complexity index is 605. The summed E-state index contributed by atoms with van der Waals surface area (Å²) >= 11 is 3.49. The van der Waals surface area contributed by atoms with Gasteiger partial charge in [-0.3, -0.25) is 0 Å². The topological polar surface area (TPSA) is 60.2 Å². The van der Waals surface area contributed by atoms with Crippen molar-refractivity contribution in [2.75, 3.05) is 0 Å². The number of rotatable bonds is 5. The fraction of sp³-hybridized carbons (Fsp3) is 0.467. The molecule has 0 spiro atoms. The van der Waals surface area contributed by atoms with Crippen LogP contribution in [0.25, 0.3) is 0 Å². The quantitative estimate of drug-likeness (QED) is 0.889. The van der Waals surface area contributed by atoms with Crippen molar-refractivity contribution in [2.24, 2.45) is 0 Å². The largest absolute Gasteiger partial charge is 0.483 e. The Morgan fingerprint density at radius 3 is 2.71 bits per heavy atom. The summed E-state index contributed by atoms with van der Waals surface area (Å²) in [7, 11) is 0. The van der Waals surface area contributed by atoms with E-state index in [9.17, 15) is 0 Å².